The normalized spacial score (nSPS) is 11.2. The van der Waals surface area contributed by atoms with Crippen molar-refractivity contribution < 1.29 is 13.2 Å². The van der Waals surface area contributed by atoms with Crippen molar-refractivity contribution in [1.82, 2.24) is 0 Å². The van der Waals surface area contributed by atoms with Crippen LogP contribution in [0.15, 0.2) is 72.8 Å². The molecule has 0 saturated carbocycles. The summed E-state index contributed by atoms with van der Waals surface area (Å²) in [5.74, 6) is -0.141. The van der Waals surface area contributed by atoms with Crippen LogP contribution in [0.2, 0.25) is 0 Å². The van der Waals surface area contributed by atoms with E-state index in [-0.39, 0.29) is 18.9 Å². The highest BCUT2D eigenvalue weighted by atomic mass is 32.2. The fraction of sp³-hybridized carbons (Fsp3) is 0.240. The van der Waals surface area contributed by atoms with Gasteiger partial charge in [0.2, 0.25) is 15.9 Å². The Morgan fingerprint density at radius 3 is 2.32 bits per heavy atom. The number of hydrogen-bond acceptors (Lipinski definition) is 3. The second-order valence-electron chi connectivity index (χ2n) is 7.69. The molecule has 6 heteroatoms. The molecule has 0 aliphatic heterocycles. The smallest absolute Gasteiger partial charge is 0.232 e. The molecular formula is C25H28N2O3S. The predicted octanol–water partition coefficient (Wildman–Crippen LogP) is 5.16. The summed E-state index contributed by atoms with van der Waals surface area (Å²) in [5.41, 5.74) is 5.26. The maximum absolute atomic E-state index is 12.6. The molecule has 3 aromatic carbocycles. The second-order valence-corrected chi connectivity index (χ2v) is 9.60. The standard InChI is InChI=1S/C25H28N2O3S/c1-19-15-16-20(2)24(18-19)27(31(3,29)30)17-9-14-25(28)26-23-13-8-7-12-22(23)21-10-5-4-6-11-21/h4-8,10-13,15-16,18H,9,14,17H2,1-3H3,(H,26,28). The van der Waals surface area contributed by atoms with Crippen molar-refractivity contribution in [2.75, 3.05) is 22.4 Å². The van der Waals surface area contributed by atoms with E-state index in [4.69, 9.17) is 0 Å². The van der Waals surface area contributed by atoms with Crippen molar-refractivity contribution in [3.63, 3.8) is 0 Å². The molecule has 0 atom stereocenters. The molecule has 3 rings (SSSR count). The van der Waals surface area contributed by atoms with Crippen molar-refractivity contribution >= 4 is 27.3 Å². The van der Waals surface area contributed by atoms with Crippen LogP contribution in [0.5, 0.6) is 0 Å². The zero-order valence-electron chi connectivity index (χ0n) is 18.1. The molecule has 0 aliphatic rings. The van der Waals surface area contributed by atoms with Crippen LogP contribution in [0.1, 0.15) is 24.0 Å². The Morgan fingerprint density at radius 1 is 0.935 bits per heavy atom. The highest BCUT2D eigenvalue weighted by Crippen LogP contribution is 2.28. The summed E-state index contributed by atoms with van der Waals surface area (Å²) < 4.78 is 26.2. The third-order valence-electron chi connectivity index (χ3n) is 5.08. The van der Waals surface area contributed by atoms with Gasteiger partial charge in [-0.2, -0.15) is 0 Å². The van der Waals surface area contributed by atoms with E-state index in [0.717, 1.165) is 27.9 Å². The number of anilines is 2. The maximum Gasteiger partial charge on any atom is 0.232 e. The van der Waals surface area contributed by atoms with Crippen LogP contribution in [-0.2, 0) is 14.8 Å². The van der Waals surface area contributed by atoms with Crippen LogP contribution in [-0.4, -0.2) is 27.1 Å². The van der Waals surface area contributed by atoms with Gasteiger partial charge in [0, 0.05) is 24.2 Å². The number of nitrogens with zero attached hydrogens (tertiary/aromatic N) is 1. The lowest BCUT2D eigenvalue weighted by atomic mass is 10.0. The Hall–Kier alpha value is -3.12. The van der Waals surface area contributed by atoms with Gasteiger partial charge >= 0.3 is 0 Å². The Kier molecular flexibility index (Phi) is 7.13. The number of carbonyl (C=O) groups is 1. The molecule has 0 fully saturated rings. The fourth-order valence-electron chi connectivity index (χ4n) is 3.51. The lowest BCUT2D eigenvalue weighted by Crippen LogP contribution is -2.32. The van der Waals surface area contributed by atoms with E-state index in [1.807, 2.05) is 86.6 Å². The molecule has 5 nitrogen and oxygen atoms in total. The van der Waals surface area contributed by atoms with E-state index in [1.165, 1.54) is 10.6 Å². The Labute approximate surface area is 184 Å². The van der Waals surface area contributed by atoms with E-state index >= 15 is 0 Å². The lowest BCUT2D eigenvalue weighted by Gasteiger charge is -2.24. The first-order valence-electron chi connectivity index (χ1n) is 10.2. The average molecular weight is 437 g/mol. The van der Waals surface area contributed by atoms with Gasteiger partial charge in [-0.1, -0.05) is 60.7 Å². The van der Waals surface area contributed by atoms with Gasteiger partial charge in [-0.25, -0.2) is 8.42 Å². The molecule has 0 saturated heterocycles. The number of carbonyl (C=O) groups excluding carboxylic acids is 1. The molecule has 0 unspecified atom stereocenters. The van der Waals surface area contributed by atoms with Crippen LogP contribution in [0.4, 0.5) is 11.4 Å². The van der Waals surface area contributed by atoms with Gasteiger partial charge in [0.15, 0.2) is 0 Å². The number of amides is 1. The zero-order valence-corrected chi connectivity index (χ0v) is 18.9. The highest BCUT2D eigenvalue weighted by Gasteiger charge is 2.19. The SMILES string of the molecule is Cc1ccc(C)c(N(CCCC(=O)Nc2ccccc2-c2ccccc2)S(C)(=O)=O)c1. The minimum Gasteiger partial charge on any atom is -0.326 e. The minimum atomic E-state index is -3.46. The molecule has 0 aliphatic carbocycles. The first kappa shape index (κ1) is 22.6. The molecule has 0 radical (unpaired) electrons. The van der Waals surface area contributed by atoms with Crippen molar-refractivity contribution in [3.8, 4) is 11.1 Å². The van der Waals surface area contributed by atoms with E-state index < -0.39 is 10.0 Å². The Bertz CT molecular complexity index is 1160. The topological polar surface area (TPSA) is 66.5 Å². The number of sulfonamides is 1. The van der Waals surface area contributed by atoms with Gasteiger partial charge in [0.1, 0.15) is 0 Å². The molecule has 1 amide bonds. The van der Waals surface area contributed by atoms with Crippen LogP contribution in [0.3, 0.4) is 0 Å². The van der Waals surface area contributed by atoms with Crippen LogP contribution >= 0.6 is 0 Å². The number of hydrogen-bond donors (Lipinski definition) is 1. The Balaban J connectivity index is 1.68. The maximum atomic E-state index is 12.6. The third-order valence-corrected chi connectivity index (χ3v) is 6.26. The van der Waals surface area contributed by atoms with E-state index in [0.29, 0.717) is 12.1 Å². The quantitative estimate of drug-likeness (QED) is 0.531. The van der Waals surface area contributed by atoms with Crippen molar-refractivity contribution in [3.05, 3.63) is 83.9 Å². The van der Waals surface area contributed by atoms with E-state index in [1.54, 1.807) is 0 Å². The second kappa shape index (κ2) is 9.79. The number of para-hydroxylation sites is 1. The van der Waals surface area contributed by atoms with Crippen molar-refractivity contribution in [2.45, 2.75) is 26.7 Å². The first-order chi connectivity index (χ1) is 14.8. The lowest BCUT2D eigenvalue weighted by molar-refractivity contribution is -0.116. The summed E-state index contributed by atoms with van der Waals surface area (Å²) in [6, 6.07) is 23.3. The zero-order chi connectivity index (χ0) is 22.4. The summed E-state index contributed by atoms with van der Waals surface area (Å²) in [7, 11) is -3.46. The molecule has 3 aromatic rings. The Morgan fingerprint density at radius 2 is 1.61 bits per heavy atom. The monoisotopic (exact) mass is 436 g/mol. The summed E-state index contributed by atoms with van der Waals surface area (Å²) >= 11 is 0. The van der Waals surface area contributed by atoms with E-state index in [9.17, 15) is 13.2 Å². The summed E-state index contributed by atoms with van der Waals surface area (Å²) in [6.45, 7) is 4.07. The number of nitrogens with one attached hydrogen (secondary N) is 1. The van der Waals surface area contributed by atoms with Crippen LogP contribution in [0, 0.1) is 13.8 Å². The molecule has 0 bridgehead atoms. The van der Waals surface area contributed by atoms with Crippen molar-refractivity contribution in [1.29, 1.82) is 0 Å². The summed E-state index contributed by atoms with van der Waals surface area (Å²) in [4.78, 5) is 12.6. The molecule has 1 N–H and O–H groups in total. The summed E-state index contributed by atoms with van der Waals surface area (Å²) in [5, 5.41) is 2.97. The first-order valence-corrected chi connectivity index (χ1v) is 12.1. The molecule has 0 heterocycles. The van der Waals surface area contributed by atoms with Gasteiger partial charge in [0.05, 0.1) is 11.9 Å². The van der Waals surface area contributed by atoms with Gasteiger partial charge in [0.25, 0.3) is 0 Å². The molecule has 31 heavy (non-hydrogen) atoms. The predicted molar refractivity (Wildman–Crippen MR) is 128 cm³/mol. The third kappa shape index (κ3) is 5.95. The molecule has 0 aromatic heterocycles. The molecule has 0 spiro atoms. The minimum absolute atomic E-state index is 0.141. The molecule has 162 valence electrons. The highest BCUT2D eigenvalue weighted by molar-refractivity contribution is 7.92. The van der Waals surface area contributed by atoms with Crippen LogP contribution < -0.4 is 9.62 Å². The largest absolute Gasteiger partial charge is 0.326 e. The number of rotatable bonds is 8. The van der Waals surface area contributed by atoms with Crippen molar-refractivity contribution in [2.24, 2.45) is 0 Å². The van der Waals surface area contributed by atoms with Gasteiger partial charge in [-0.3, -0.25) is 9.10 Å². The average Bonchev–Trinajstić information content (AvgIpc) is 2.73. The van der Waals surface area contributed by atoms with E-state index in [2.05, 4.69) is 5.32 Å². The van der Waals surface area contributed by atoms with Gasteiger partial charge < -0.3 is 5.32 Å². The van der Waals surface area contributed by atoms with Crippen LogP contribution in [0.25, 0.3) is 11.1 Å². The molecular weight excluding hydrogens is 408 g/mol. The van der Waals surface area contributed by atoms with Gasteiger partial charge in [-0.15, -0.1) is 0 Å². The number of benzene rings is 3. The van der Waals surface area contributed by atoms with Gasteiger partial charge in [-0.05, 0) is 49.1 Å². The summed E-state index contributed by atoms with van der Waals surface area (Å²) in [6.07, 6.45) is 1.84. The number of aryl methyl sites for hydroxylation is 2. The fourth-order valence-corrected chi connectivity index (χ4v) is 4.53.